The molecule has 2 aromatic carbocycles. The Morgan fingerprint density at radius 3 is 2.21 bits per heavy atom. The predicted octanol–water partition coefficient (Wildman–Crippen LogP) is 3.13. The molecule has 0 aliphatic carbocycles. The lowest BCUT2D eigenvalue weighted by Gasteiger charge is -2.04. The van der Waals surface area contributed by atoms with Gasteiger partial charge in [0.2, 0.25) is 5.78 Å². The first-order valence-electron chi connectivity index (χ1n) is 12.5. The number of pyridine rings is 2. The number of carbonyl (C=O) groups excluding carboxylic acids is 3. The number of fused-ring (bicyclic) bond motifs is 5. The number of nitrogens with two attached hydrogens (primary N) is 1. The molecule has 0 saturated heterocycles. The number of Topliss-reactive ketones (excluding diaryl/α,β-unsaturated/α-hetero) is 1. The van der Waals surface area contributed by atoms with Gasteiger partial charge in [0.15, 0.2) is 11.5 Å². The molecule has 42 heavy (non-hydrogen) atoms. The number of carboxylic acids is 1. The van der Waals surface area contributed by atoms with Gasteiger partial charge in [-0.25, -0.2) is 19.7 Å². The Labute approximate surface area is 237 Å². The number of nitrogens with zero attached hydrogens (tertiary/aromatic N) is 4. The molecule has 12 nitrogen and oxygen atoms in total. The second-order valence-corrected chi connectivity index (χ2v) is 9.37. The van der Waals surface area contributed by atoms with Gasteiger partial charge in [0.05, 0.1) is 27.9 Å². The Balaban J connectivity index is 0.000000137. The molecule has 5 heterocycles. The molecule has 0 radical (unpaired) electrons. The summed E-state index contributed by atoms with van der Waals surface area (Å²) in [7, 11) is 0. The number of hydrogen-bond donors (Lipinski definition) is 3. The lowest BCUT2D eigenvalue weighted by molar-refractivity contribution is -0.112. The third kappa shape index (κ3) is 4.99. The molecular weight excluding hydrogens is 540 g/mol. The average Bonchev–Trinajstić information content (AvgIpc) is 3.41. The number of nitrogens with one attached hydrogen (secondary N) is 1. The summed E-state index contributed by atoms with van der Waals surface area (Å²) in [6.07, 6.45) is 3.00. The topological polar surface area (TPSA) is 187 Å². The highest BCUT2D eigenvalue weighted by Crippen LogP contribution is 2.26. The minimum absolute atomic E-state index is 0.0440. The van der Waals surface area contributed by atoms with Crippen molar-refractivity contribution >= 4 is 46.0 Å². The van der Waals surface area contributed by atoms with E-state index in [-0.39, 0.29) is 28.5 Å². The molecule has 0 atom stereocenters. The van der Waals surface area contributed by atoms with Gasteiger partial charge in [-0.05, 0) is 62.4 Å². The van der Waals surface area contributed by atoms with Crippen LogP contribution < -0.4 is 16.6 Å². The van der Waals surface area contributed by atoms with Crippen molar-refractivity contribution in [1.29, 1.82) is 0 Å². The molecule has 4 N–H and O–H groups in total. The SMILES string of the molecule is Cc1ccc2c(c1)C(=O)C(=O)N2.Cc1ccc2c(c1)C(=O)c1nc3ncccc3c(=O)n1-2.Nc1ncccc1C(=O)O. The molecule has 7 rings (SSSR count). The number of aromatic carboxylic acids is 1. The fourth-order valence-electron chi connectivity index (χ4n) is 4.40. The van der Waals surface area contributed by atoms with Crippen LogP contribution in [0, 0.1) is 13.8 Å². The Morgan fingerprint density at radius 1 is 0.857 bits per heavy atom. The van der Waals surface area contributed by atoms with Crippen LogP contribution in [-0.4, -0.2) is 48.1 Å². The van der Waals surface area contributed by atoms with Gasteiger partial charge in [-0.3, -0.25) is 23.7 Å². The number of hydrogen-bond acceptors (Lipinski definition) is 9. The highest BCUT2D eigenvalue weighted by Gasteiger charge is 2.30. The van der Waals surface area contributed by atoms with Gasteiger partial charge >= 0.3 is 5.97 Å². The van der Waals surface area contributed by atoms with Crippen LogP contribution in [0.2, 0.25) is 0 Å². The maximum absolute atomic E-state index is 12.5. The predicted molar refractivity (Wildman–Crippen MR) is 153 cm³/mol. The third-order valence-corrected chi connectivity index (χ3v) is 6.43. The Bertz CT molecular complexity index is 2020. The van der Waals surface area contributed by atoms with Crippen molar-refractivity contribution in [2.75, 3.05) is 11.1 Å². The number of rotatable bonds is 1. The van der Waals surface area contributed by atoms with Crippen LogP contribution in [0.1, 0.15) is 48.0 Å². The zero-order valence-electron chi connectivity index (χ0n) is 22.3. The first-order valence-corrected chi connectivity index (χ1v) is 12.5. The van der Waals surface area contributed by atoms with Gasteiger partial charge in [0, 0.05) is 12.4 Å². The zero-order chi connectivity index (χ0) is 30.1. The van der Waals surface area contributed by atoms with E-state index < -0.39 is 17.7 Å². The molecular formula is C30H22N6O6. The molecule has 0 unspecified atom stereocenters. The van der Waals surface area contributed by atoms with E-state index in [1.165, 1.54) is 22.9 Å². The van der Waals surface area contributed by atoms with E-state index in [1.54, 1.807) is 42.6 Å². The summed E-state index contributed by atoms with van der Waals surface area (Å²) in [6, 6.07) is 17.0. The first-order chi connectivity index (χ1) is 20.1. The van der Waals surface area contributed by atoms with Gasteiger partial charge < -0.3 is 16.2 Å². The number of anilines is 2. The normalized spacial score (nSPS) is 12.3. The highest BCUT2D eigenvalue weighted by atomic mass is 16.4. The van der Waals surface area contributed by atoms with E-state index in [1.807, 2.05) is 26.0 Å². The molecule has 2 aliphatic heterocycles. The summed E-state index contributed by atoms with van der Waals surface area (Å²) in [5.41, 5.74) is 9.50. The number of carboxylic acid groups (broad SMARTS) is 1. The maximum Gasteiger partial charge on any atom is 0.339 e. The first kappa shape index (κ1) is 27.5. The molecule has 3 aromatic heterocycles. The highest BCUT2D eigenvalue weighted by molar-refractivity contribution is 6.51. The quantitative estimate of drug-likeness (QED) is 0.251. The van der Waals surface area contributed by atoms with Crippen molar-refractivity contribution in [3.05, 3.63) is 117 Å². The molecule has 2 aliphatic rings. The molecule has 0 saturated carbocycles. The number of aromatic nitrogens is 4. The van der Waals surface area contributed by atoms with Gasteiger partial charge in [-0.1, -0.05) is 23.3 Å². The van der Waals surface area contributed by atoms with E-state index in [4.69, 9.17) is 10.8 Å². The molecule has 1 amide bonds. The molecule has 12 heteroatoms. The second-order valence-electron chi connectivity index (χ2n) is 9.37. The average molecular weight is 563 g/mol. The number of aryl methyl sites for hydroxylation is 2. The van der Waals surface area contributed by atoms with Crippen molar-refractivity contribution in [3.8, 4) is 5.69 Å². The molecule has 0 spiro atoms. The van der Waals surface area contributed by atoms with E-state index >= 15 is 0 Å². The monoisotopic (exact) mass is 562 g/mol. The lowest BCUT2D eigenvalue weighted by atomic mass is 10.1. The van der Waals surface area contributed by atoms with Crippen molar-refractivity contribution in [2.24, 2.45) is 0 Å². The van der Waals surface area contributed by atoms with E-state index in [0.717, 1.165) is 11.1 Å². The van der Waals surface area contributed by atoms with Crippen molar-refractivity contribution in [3.63, 3.8) is 0 Å². The summed E-state index contributed by atoms with van der Waals surface area (Å²) in [5, 5.41) is 11.3. The second kappa shape index (κ2) is 10.8. The maximum atomic E-state index is 12.5. The number of nitrogen functional groups attached to an aromatic ring is 1. The molecule has 5 aromatic rings. The van der Waals surface area contributed by atoms with Crippen molar-refractivity contribution < 1.29 is 24.3 Å². The molecule has 0 fully saturated rings. The van der Waals surface area contributed by atoms with Crippen LogP contribution in [0.5, 0.6) is 0 Å². The minimum atomic E-state index is -1.05. The number of benzene rings is 2. The summed E-state index contributed by atoms with van der Waals surface area (Å²) in [6.45, 7) is 3.79. The fourth-order valence-corrected chi connectivity index (χ4v) is 4.40. The number of ketones is 2. The third-order valence-electron chi connectivity index (χ3n) is 6.43. The minimum Gasteiger partial charge on any atom is -0.478 e. The Hall–Kier alpha value is -6.04. The van der Waals surface area contributed by atoms with Crippen LogP contribution in [-0.2, 0) is 4.79 Å². The summed E-state index contributed by atoms with van der Waals surface area (Å²) < 4.78 is 1.38. The largest absolute Gasteiger partial charge is 0.478 e. The van der Waals surface area contributed by atoms with Crippen molar-refractivity contribution in [2.45, 2.75) is 13.8 Å². The van der Waals surface area contributed by atoms with Crippen LogP contribution in [0.15, 0.2) is 77.9 Å². The van der Waals surface area contributed by atoms with Crippen LogP contribution in [0.25, 0.3) is 16.7 Å². The Morgan fingerprint density at radius 2 is 1.52 bits per heavy atom. The van der Waals surface area contributed by atoms with E-state index in [9.17, 15) is 24.0 Å². The smallest absolute Gasteiger partial charge is 0.339 e. The van der Waals surface area contributed by atoms with Crippen LogP contribution in [0.4, 0.5) is 11.5 Å². The fraction of sp³-hybridized carbons (Fsp3) is 0.0667. The van der Waals surface area contributed by atoms with E-state index in [0.29, 0.717) is 33.5 Å². The van der Waals surface area contributed by atoms with Crippen molar-refractivity contribution in [1.82, 2.24) is 19.5 Å². The van der Waals surface area contributed by atoms with Gasteiger partial charge in [0.25, 0.3) is 17.2 Å². The molecule has 208 valence electrons. The summed E-state index contributed by atoms with van der Waals surface area (Å²) >= 11 is 0. The number of carbonyl (C=O) groups is 4. The standard InChI is InChI=1S/C15H9N3O2.C9H7NO2.C6H6N2O2/c1-8-4-5-11-10(7-8)12(19)14-17-13-9(3-2-6-16-13)15(20)18(11)14;1-5-2-3-7-6(4-5)8(11)9(12)10-7;7-5-4(6(9)10)2-1-3-8-5/h2-7H,1H3;2-4H,1H3,(H,10,11,12);1-3H,(H2,7,8)(H,9,10). The van der Waals surface area contributed by atoms with Crippen LogP contribution in [0.3, 0.4) is 0 Å². The Kier molecular flexibility index (Phi) is 7.11. The van der Waals surface area contributed by atoms with Crippen LogP contribution >= 0.6 is 0 Å². The zero-order valence-corrected chi connectivity index (χ0v) is 22.3. The summed E-state index contributed by atoms with van der Waals surface area (Å²) in [5.74, 6) is -2.06. The number of amides is 1. The van der Waals surface area contributed by atoms with Gasteiger partial charge in [-0.2, -0.15) is 0 Å². The van der Waals surface area contributed by atoms with Gasteiger partial charge in [-0.15, -0.1) is 0 Å². The molecule has 0 bridgehead atoms. The summed E-state index contributed by atoms with van der Waals surface area (Å²) in [4.78, 5) is 69.1. The van der Waals surface area contributed by atoms with E-state index in [2.05, 4.69) is 20.3 Å². The lowest BCUT2D eigenvalue weighted by Crippen LogP contribution is -2.21. The van der Waals surface area contributed by atoms with Gasteiger partial charge in [0.1, 0.15) is 11.4 Å².